The number of hydrogen-bond donors (Lipinski definition) is 1. The van der Waals surface area contributed by atoms with Crippen LogP contribution in [-0.4, -0.2) is 16.5 Å². The van der Waals surface area contributed by atoms with Crippen molar-refractivity contribution >= 4 is 5.78 Å². The summed E-state index contributed by atoms with van der Waals surface area (Å²) < 4.78 is 0. The highest BCUT2D eigenvalue weighted by atomic mass is 16.3. The highest BCUT2D eigenvalue weighted by Crippen LogP contribution is 2.63. The minimum absolute atomic E-state index is 0.00572. The van der Waals surface area contributed by atoms with Crippen molar-refractivity contribution in [2.75, 3.05) is 0 Å². The maximum absolute atomic E-state index is 12.6. The molecule has 20 heavy (non-hydrogen) atoms. The second-order valence-corrected chi connectivity index (χ2v) is 6.26. The van der Waals surface area contributed by atoms with E-state index in [9.17, 15) is 9.90 Å². The van der Waals surface area contributed by atoms with Gasteiger partial charge >= 0.3 is 0 Å². The van der Waals surface area contributed by atoms with Gasteiger partial charge in [-0.25, -0.2) is 0 Å². The summed E-state index contributed by atoms with van der Waals surface area (Å²) in [6.07, 6.45) is 7.94. The number of Topliss-reactive ketones (excluding diaryl/α,β-unsaturated/α-hetero) is 1. The van der Waals surface area contributed by atoms with Crippen LogP contribution in [0.15, 0.2) is 42.0 Å². The van der Waals surface area contributed by atoms with Crippen LogP contribution in [0.3, 0.4) is 0 Å². The highest BCUT2D eigenvalue weighted by molar-refractivity contribution is 6.10. The monoisotopic (exact) mass is 270 g/mol. The normalized spacial score (nSPS) is 31.4. The molecule has 0 saturated heterocycles. The number of allylic oxidation sites excluding steroid dienone is 1. The Labute approximate surface area is 120 Å². The van der Waals surface area contributed by atoms with Gasteiger partial charge < -0.3 is 5.11 Å². The van der Waals surface area contributed by atoms with Crippen molar-refractivity contribution in [3.8, 4) is 0 Å². The Hall–Kier alpha value is -1.41. The minimum atomic E-state index is -0.866. The zero-order chi connectivity index (χ0) is 14.2. The third kappa shape index (κ3) is 1.78. The van der Waals surface area contributed by atoms with Gasteiger partial charge in [0.25, 0.3) is 0 Å². The van der Waals surface area contributed by atoms with Crippen molar-refractivity contribution in [1.82, 2.24) is 0 Å². The lowest BCUT2D eigenvalue weighted by Crippen LogP contribution is -2.56. The molecule has 3 rings (SSSR count). The summed E-state index contributed by atoms with van der Waals surface area (Å²) >= 11 is 0. The molecule has 0 heterocycles. The number of rotatable bonds is 5. The molecule has 106 valence electrons. The topological polar surface area (TPSA) is 37.3 Å². The number of carbonyl (C=O) groups excluding carboxylic acids is 1. The summed E-state index contributed by atoms with van der Waals surface area (Å²) in [4.78, 5) is 12.6. The molecule has 0 unspecified atom stereocenters. The molecule has 0 bridgehead atoms. The van der Waals surface area contributed by atoms with E-state index in [0.717, 1.165) is 38.5 Å². The number of aliphatic hydroxyl groups is 1. The molecule has 1 aromatic rings. The first kappa shape index (κ1) is 13.6. The molecule has 1 fully saturated rings. The predicted molar refractivity (Wildman–Crippen MR) is 79.6 cm³/mol. The second kappa shape index (κ2) is 4.85. The summed E-state index contributed by atoms with van der Waals surface area (Å²) in [5.41, 5.74) is 0.411. The lowest BCUT2D eigenvalue weighted by molar-refractivity contribution is -0.129. The van der Waals surface area contributed by atoms with Crippen molar-refractivity contribution in [1.29, 1.82) is 0 Å². The van der Waals surface area contributed by atoms with E-state index in [0.29, 0.717) is 11.1 Å². The average Bonchev–Trinajstić information content (AvgIpc) is 2.67. The van der Waals surface area contributed by atoms with Gasteiger partial charge in [0.05, 0.1) is 5.60 Å². The van der Waals surface area contributed by atoms with Crippen LogP contribution in [0.4, 0.5) is 0 Å². The molecule has 1 saturated carbocycles. The molecular weight excluding hydrogens is 248 g/mol. The largest absolute Gasteiger partial charge is 0.384 e. The number of hydrogen-bond acceptors (Lipinski definition) is 2. The van der Waals surface area contributed by atoms with Crippen LogP contribution >= 0.6 is 0 Å². The zero-order valence-corrected chi connectivity index (χ0v) is 12.1. The van der Waals surface area contributed by atoms with Crippen molar-refractivity contribution in [3.63, 3.8) is 0 Å². The standard InChI is InChI=1S/C18H22O2/c1-2-3-10-17-11-9-15(18(17,20)13-12-17)16(19)14-7-5-4-6-8-14/h4-9,20H,2-3,10-13H2,1H3/t17-,18+/m1/s1. The van der Waals surface area contributed by atoms with E-state index in [1.54, 1.807) is 0 Å². The maximum Gasteiger partial charge on any atom is 0.191 e. The van der Waals surface area contributed by atoms with Gasteiger partial charge in [-0.2, -0.15) is 0 Å². The molecule has 0 aromatic heterocycles. The average molecular weight is 270 g/mol. The molecule has 2 atom stereocenters. The van der Waals surface area contributed by atoms with Crippen LogP contribution in [0, 0.1) is 5.41 Å². The van der Waals surface area contributed by atoms with Crippen molar-refractivity contribution < 1.29 is 9.90 Å². The Morgan fingerprint density at radius 1 is 1.25 bits per heavy atom. The van der Waals surface area contributed by atoms with E-state index in [4.69, 9.17) is 0 Å². The van der Waals surface area contributed by atoms with Gasteiger partial charge in [0.15, 0.2) is 5.78 Å². The Bertz CT molecular complexity index is 546. The fraction of sp³-hybridized carbons (Fsp3) is 0.500. The Balaban J connectivity index is 1.85. The molecule has 2 aliphatic rings. The first-order valence-electron chi connectivity index (χ1n) is 7.66. The zero-order valence-electron chi connectivity index (χ0n) is 12.1. The number of unbranched alkanes of at least 4 members (excludes halogenated alkanes) is 1. The smallest absolute Gasteiger partial charge is 0.191 e. The van der Waals surface area contributed by atoms with Gasteiger partial charge in [0, 0.05) is 16.6 Å². The molecule has 0 spiro atoms. The lowest BCUT2D eigenvalue weighted by atomic mass is 9.54. The van der Waals surface area contributed by atoms with Crippen LogP contribution in [-0.2, 0) is 0 Å². The van der Waals surface area contributed by atoms with Gasteiger partial charge in [-0.3, -0.25) is 4.79 Å². The fourth-order valence-corrected chi connectivity index (χ4v) is 3.85. The summed E-state index contributed by atoms with van der Waals surface area (Å²) in [6, 6.07) is 9.31. The minimum Gasteiger partial charge on any atom is -0.384 e. The summed E-state index contributed by atoms with van der Waals surface area (Å²) in [6.45, 7) is 2.17. The molecule has 1 N–H and O–H groups in total. The summed E-state index contributed by atoms with van der Waals surface area (Å²) in [5, 5.41) is 11.0. The Morgan fingerprint density at radius 3 is 2.60 bits per heavy atom. The van der Waals surface area contributed by atoms with E-state index in [1.807, 2.05) is 36.4 Å². The first-order valence-corrected chi connectivity index (χ1v) is 7.66. The van der Waals surface area contributed by atoms with Crippen molar-refractivity contribution in [3.05, 3.63) is 47.5 Å². The van der Waals surface area contributed by atoms with Crippen LogP contribution in [0.25, 0.3) is 0 Å². The number of fused-ring (bicyclic) bond motifs is 1. The molecule has 0 amide bonds. The third-order valence-corrected chi connectivity index (χ3v) is 5.27. The molecule has 0 aliphatic heterocycles. The molecule has 2 nitrogen and oxygen atoms in total. The van der Waals surface area contributed by atoms with Gasteiger partial charge in [-0.05, 0) is 25.7 Å². The van der Waals surface area contributed by atoms with Crippen LogP contribution < -0.4 is 0 Å². The lowest BCUT2D eigenvalue weighted by Gasteiger charge is -2.54. The van der Waals surface area contributed by atoms with Crippen LogP contribution in [0.1, 0.15) is 55.8 Å². The first-order chi connectivity index (χ1) is 9.63. The maximum atomic E-state index is 12.6. The summed E-state index contributed by atoms with van der Waals surface area (Å²) in [5.74, 6) is 0.00572. The van der Waals surface area contributed by atoms with E-state index < -0.39 is 5.60 Å². The quantitative estimate of drug-likeness (QED) is 0.824. The third-order valence-electron chi connectivity index (χ3n) is 5.27. The highest BCUT2D eigenvalue weighted by Gasteiger charge is 2.62. The Kier molecular flexibility index (Phi) is 3.29. The van der Waals surface area contributed by atoms with E-state index >= 15 is 0 Å². The van der Waals surface area contributed by atoms with Gasteiger partial charge in [0.1, 0.15) is 0 Å². The SMILES string of the molecule is CCCC[C@]12CC=C(C(=O)c3ccccc3)[C@@]1(O)CC2. The molecule has 2 heteroatoms. The molecule has 2 aliphatic carbocycles. The summed E-state index contributed by atoms with van der Waals surface area (Å²) in [7, 11) is 0. The van der Waals surface area contributed by atoms with E-state index in [1.165, 1.54) is 0 Å². The second-order valence-electron chi connectivity index (χ2n) is 6.26. The van der Waals surface area contributed by atoms with Gasteiger partial charge in [0.2, 0.25) is 0 Å². The van der Waals surface area contributed by atoms with Gasteiger partial charge in [-0.15, -0.1) is 0 Å². The van der Waals surface area contributed by atoms with Crippen molar-refractivity contribution in [2.45, 2.75) is 51.0 Å². The number of ketones is 1. The van der Waals surface area contributed by atoms with E-state index in [2.05, 4.69) is 6.92 Å². The number of benzene rings is 1. The molecule has 1 aromatic carbocycles. The fourth-order valence-electron chi connectivity index (χ4n) is 3.85. The van der Waals surface area contributed by atoms with Crippen LogP contribution in [0.5, 0.6) is 0 Å². The van der Waals surface area contributed by atoms with E-state index in [-0.39, 0.29) is 11.2 Å². The molecule has 0 radical (unpaired) electrons. The molecular formula is C18H22O2. The Morgan fingerprint density at radius 2 is 2.00 bits per heavy atom. The van der Waals surface area contributed by atoms with Gasteiger partial charge in [-0.1, -0.05) is 56.2 Å². The number of carbonyl (C=O) groups is 1. The predicted octanol–water partition coefficient (Wildman–Crippen LogP) is 3.90. The van der Waals surface area contributed by atoms with Crippen molar-refractivity contribution in [2.24, 2.45) is 5.41 Å². The van der Waals surface area contributed by atoms with Crippen LogP contribution in [0.2, 0.25) is 0 Å².